The Labute approximate surface area is 168 Å². The van der Waals surface area contributed by atoms with Gasteiger partial charge in [-0.05, 0) is 42.0 Å². The lowest BCUT2D eigenvalue weighted by Gasteiger charge is -2.34. The molecular formula is C19H22BrN3O3S. The number of piperazine rings is 1. The van der Waals surface area contributed by atoms with Crippen LogP contribution in [0.1, 0.15) is 12.5 Å². The number of amides is 1. The number of nitrogens with zero attached hydrogens (tertiary/aromatic N) is 2. The minimum atomic E-state index is -3.52. The molecule has 1 fully saturated rings. The van der Waals surface area contributed by atoms with Crippen LogP contribution in [0.25, 0.3) is 0 Å². The smallest absolute Gasteiger partial charge is 0.243 e. The lowest BCUT2D eigenvalue weighted by Crippen LogP contribution is -2.48. The number of hydrogen-bond acceptors (Lipinski definition) is 4. The van der Waals surface area contributed by atoms with Crippen molar-refractivity contribution in [3.05, 3.63) is 58.6 Å². The number of benzene rings is 2. The Morgan fingerprint density at radius 2 is 1.74 bits per heavy atom. The fourth-order valence-corrected chi connectivity index (χ4v) is 4.95. The average Bonchev–Trinajstić information content (AvgIpc) is 2.62. The Kier molecular flexibility index (Phi) is 6.31. The van der Waals surface area contributed by atoms with Crippen LogP contribution in [0.4, 0.5) is 5.69 Å². The zero-order valence-electron chi connectivity index (χ0n) is 15.1. The van der Waals surface area contributed by atoms with Crippen molar-refractivity contribution in [3.63, 3.8) is 0 Å². The molecule has 2 aromatic rings. The maximum Gasteiger partial charge on any atom is 0.243 e. The second-order valence-corrected chi connectivity index (χ2v) is 9.37. The minimum absolute atomic E-state index is 0.188. The highest BCUT2D eigenvalue weighted by molar-refractivity contribution is 9.10. The zero-order valence-corrected chi connectivity index (χ0v) is 17.5. The number of nitrogens with one attached hydrogen (secondary N) is 1. The molecule has 1 heterocycles. The Balaban J connectivity index is 1.61. The van der Waals surface area contributed by atoms with Gasteiger partial charge in [0.15, 0.2) is 0 Å². The van der Waals surface area contributed by atoms with E-state index in [0.29, 0.717) is 31.9 Å². The lowest BCUT2D eigenvalue weighted by molar-refractivity contribution is -0.114. The monoisotopic (exact) mass is 451 g/mol. The van der Waals surface area contributed by atoms with Gasteiger partial charge in [0.2, 0.25) is 15.9 Å². The summed E-state index contributed by atoms with van der Waals surface area (Å²) < 4.78 is 28.3. The van der Waals surface area contributed by atoms with Gasteiger partial charge in [-0.2, -0.15) is 4.31 Å². The van der Waals surface area contributed by atoms with E-state index in [4.69, 9.17) is 0 Å². The minimum Gasteiger partial charge on any atom is -0.326 e. The van der Waals surface area contributed by atoms with Crippen molar-refractivity contribution in [2.24, 2.45) is 0 Å². The molecule has 0 spiro atoms. The molecule has 27 heavy (non-hydrogen) atoms. The summed E-state index contributed by atoms with van der Waals surface area (Å²) >= 11 is 3.48. The van der Waals surface area contributed by atoms with Crippen LogP contribution >= 0.6 is 15.9 Å². The third kappa shape index (κ3) is 5.16. The third-order valence-corrected chi connectivity index (χ3v) is 6.85. The van der Waals surface area contributed by atoms with E-state index < -0.39 is 10.0 Å². The predicted octanol–water partition coefficient (Wildman–Crippen LogP) is 2.91. The number of halogens is 1. The summed E-state index contributed by atoms with van der Waals surface area (Å²) in [6, 6.07) is 14.4. The highest BCUT2D eigenvalue weighted by Crippen LogP contribution is 2.21. The van der Waals surface area contributed by atoms with Gasteiger partial charge in [0, 0.05) is 49.8 Å². The first-order valence-electron chi connectivity index (χ1n) is 8.69. The van der Waals surface area contributed by atoms with Crippen molar-refractivity contribution in [1.29, 1.82) is 0 Å². The van der Waals surface area contributed by atoms with Gasteiger partial charge in [0.1, 0.15) is 0 Å². The van der Waals surface area contributed by atoms with Crippen molar-refractivity contribution < 1.29 is 13.2 Å². The standard InChI is InChI=1S/C19H22BrN3O3S/c1-15(24)21-18-5-7-19(8-6-18)27(25,26)23-11-9-22(10-12-23)14-16-3-2-4-17(20)13-16/h2-8,13H,9-12,14H2,1H3,(H,21,24). The summed E-state index contributed by atoms with van der Waals surface area (Å²) in [5.74, 6) is -0.188. The first kappa shape index (κ1) is 20.0. The molecule has 1 aliphatic rings. The molecule has 0 bridgehead atoms. The van der Waals surface area contributed by atoms with Crippen LogP contribution in [0, 0.1) is 0 Å². The molecule has 144 valence electrons. The summed E-state index contributed by atoms with van der Waals surface area (Å²) in [5.41, 5.74) is 1.79. The summed E-state index contributed by atoms with van der Waals surface area (Å²) in [6.45, 7) is 4.52. The molecule has 1 N–H and O–H groups in total. The van der Waals surface area contributed by atoms with Gasteiger partial charge in [0.25, 0.3) is 0 Å². The first-order chi connectivity index (χ1) is 12.8. The van der Waals surface area contributed by atoms with Gasteiger partial charge in [-0.1, -0.05) is 28.1 Å². The van der Waals surface area contributed by atoms with Gasteiger partial charge in [-0.15, -0.1) is 0 Å². The molecule has 6 nitrogen and oxygen atoms in total. The van der Waals surface area contributed by atoms with E-state index in [1.807, 2.05) is 12.1 Å². The molecule has 8 heteroatoms. The maximum atomic E-state index is 12.8. The van der Waals surface area contributed by atoms with E-state index in [0.717, 1.165) is 11.0 Å². The van der Waals surface area contributed by atoms with E-state index in [1.165, 1.54) is 28.9 Å². The summed E-state index contributed by atoms with van der Waals surface area (Å²) in [5, 5.41) is 2.64. The van der Waals surface area contributed by atoms with Crippen LogP contribution in [0.2, 0.25) is 0 Å². The largest absolute Gasteiger partial charge is 0.326 e. The number of rotatable bonds is 5. The number of hydrogen-bond donors (Lipinski definition) is 1. The van der Waals surface area contributed by atoms with Gasteiger partial charge < -0.3 is 5.32 Å². The van der Waals surface area contributed by atoms with Crippen molar-refractivity contribution in [2.45, 2.75) is 18.4 Å². The van der Waals surface area contributed by atoms with E-state index in [9.17, 15) is 13.2 Å². The molecule has 0 aliphatic carbocycles. The van der Waals surface area contributed by atoms with Crippen molar-refractivity contribution >= 4 is 37.5 Å². The number of sulfonamides is 1. The molecule has 3 rings (SSSR count). The van der Waals surface area contributed by atoms with Gasteiger partial charge in [0.05, 0.1) is 4.90 Å². The molecule has 1 amide bonds. The predicted molar refractivity (Wildman–Crippen MR) is 109 cm³/mol. The normalized spacial score (nSPS) is 16.2. The number of carbonyl (C=O) groups is 1. The second kappa shape index (κ2) is 8.52. The van der Waals surface area contributed by atoms with Crippen LogP contribution in [0.3, 0.4) is 0 Å². The van der Waals surface area contributed by atoms with E-state index >= 15 is 0 Å². The third-order valence-electron chi connectivity index (χ3n) is 4.44. The molecule has 0 aromatic heterocycles. The molecule has 0 radical (unpaired) electrons. The summed E-state index contributed by atoms with van der Waals surface area (Å²) in [7, 11) is -3.52. The summed E-state index contributed by atoms with van der Waals surface area (Å²) in [6.07, 6.45) is 0. The topological polar surface area (TPSA) is 69.7 Å². The van der Waals surface area contributed by atoms with Gasteiger partial charge >= 0.3 is 0 Å². The molecule has 0 saturated carbocycles. The fraction of sp³-hybridized carbons (Fsp3) is 0.316. The van der Waals surface area contributed by atoms with Crippen LogP contribution in [-0.4, -0.2) is 49.7 Å². The molecule has 0 atom stereocenters. The summed E-state index contributed by atoms with van der Waals surface area (Å²) in [4.78, 5) is 13.6. The highest BCUT2D eigenvalue weighted by atomic mass is 79.9. The quantitative estimate of drug-likeness (QED) is 0.758. The Morgan fingerprint density at radius 3 is 2.33 bits per heavy atom. The van der Waals surface area contributed by atoms with Gasteiger partial charge in [-0.3, -0.25) is 9.69 Å². The number of anilines is 1. The van der Waals surface area contributed by atoms with E-state index in [-0.39, 0.29) is 10.8 Å². The van der Waals surface area contributed by atoms with Crippen molar-refractivity contribution in [1.82, 2.24) is 9.21 Å². The van der Waals surface area contributed by atoms with Crippen LogP contribution < -0.4 is 5.32 Å². The second-order valence-electron chi connectivity index (χ2n) is 6.52. The highest BCUT2D eigenvalue weighted by Gasteiger charge is 2.28. The number of carbonyl (C=O) groups excluding carboxylic acids is 1. The van der Waals surface area contributed by atoms with Gasteiger partial charge in [-0.25, -0.2) is 8.42 Å². The molecule has 2 aromatic carbocycles. The molecule has 0 unspecified atom stereocenters. The van der Waals surface area contributed by atoms with Crippen LogP contribution in [-0.2, 0) is 21.4 Å². The Bertz CT molecular complexity index is 908. The maximum absolute atomic E-state index is 12.8. The molecule has 1 saturated heterocycles. The van der Waals surface area contributed by atoms with E-state index in [1.54, 1.807) is 12.1 Å². The van der Waals surface area contributed by atoms with Crippen molar-refractivity contribution in [2.75, 3.05) is 31.5 Å². The molecule has 1 aliphatic heterocycles. The van der Waals surface area contributed by atoms with Crippen LogP contribution in [0.15, 0.2) is 57.9 Å². The zero-order chi connectivity index (χ0) is 19.4. The Morgan fingerprint density at radius 1 is 1.07 bits per heavy atom. The van der Waals surface area contributed by atoms with Crippen LogP contribution in [0.5, 0.6) is 0 Å². The van der Waals surface area contributed by atoms with Crippen molar-refractivity contribution in [3.8, 4) is 0 Å². The SMILES string of the molecule is CC(=O)Nc1ccc(S(=O)(=O)N2CCN(Cc3cccc(Br)c3)CC2)cc1. The Hall–Kier alpha value is -1.74. The first-order valence-corrected chi connectivity index (χ1v) is 10.9. The average molecular weight is 452 g/mol. The lowest BCUT2D eigenvalue weighted by atomic mass is 10.2. The molecular weight excluding hydrogens is 430 g/mol. The fourth-order valence-electron chi connectivity index (χ4n) is 3.08. The van der Waals surface area contributed by atoms with E-state index in [2.05, 4.69) is 38.3 Å².